The number of carbonyl (C=O) groups is 4. The van der Waals surface area contributed by atoms with Crippen LogP contribution in [0.25, 0.3) is 10.9 Å². The third-order valence-corrected chi connectivity index (χ3v) is 6.31. The van der Waals surface area contributed by atoms with Crippen LogP contribution in [0.4, 0.5) is 9.59 Å². The maximum absolute atomic E-state index is 13.5. The summed E-state index contributed by atoms with van der Waals surface area (Å²) >= 11 is 0. The second-order valence-electron chi connectivity index (χ2n) is 10.0. The molecule has 0 spiro atoms. The maximum Gasteiger partial charge on any atom is 0.419 e. The van der Waals surface area contributed by atoms with Gasteiger partial charge in [-0.2, -0.15) is 0 Å². The first-order valence-corrected chi connectivity index (χ1v) is 11.6. The van der Waals surface area contributed by atoms with Crippen LogP contribution >= 0.6 is 0 Å². The number of para-hydroxylation sites is 1. The largest absolute Gasteiger partial charge is 0.481 e. The zero-order chi connectivity index (χ0) is 24.6. The minimum atomic E-state index is -1.14. The zero-order valence-corrected chi connectivity index (χ0v) is 19.7. The third-order valence-electron chi connectivity index (χ3n) is 6.31. The predicted octanol–water partition coefficient (Wildman–Crippen LogP) is 4.35. The number of rotatable bonds is 5. The Bertz CT molecular complexity index is 1130. The summed E-state index contributed by atoms with van der Waals surface area (Å²) in [6, 6.07) is 6.82. The van der Waals surface area contributed by atoms with Crippen LogP contribution in [0, 0.1) is 5.92 Å². The molecule has 182 valence electrons. The lowest BCUT2D eigenvalue weighted by atomic mass is 9.90. The van der Waals surface area contributed by atoms with E-state index in [-0.39, 0.29) is 18.6 Å². The number of fused-ring (bicyclic) bond motifs is 2. The first-order chi connectivity index (χ1) is 16.0. The van der Waals surface area contributed by atoms with E-state index in [4.69, 9.17) is 9.47 Å². The van der Waals surface area contributed by atoms with Crippen LogP contribution in [0.3, 0.4) is 0 Å². The predicted molar refractivity (Wildman–Crippen MR) is 122 cm³/mol. The van der Waals surface area contributed by atoms with Crippen LogP contribution in [-0.2, 0) is 25.5 Å². The fourth-order valence-electron chi connectivity index (χ4n) is 4.88. The van der Waals surface area contributed by atoms with Gasteiger partial charge in [0.1, 0.15) is 11.7 Å². The van der Waals surface area contributed by atoms with Gasteiger partial charge in [-0.05, 0) is 58.1 Å². The molecule has 4 rings (SSSR count). The fraction of sp³-hybridized carbons (Fsp3) is 0.520. The number of aromatic nitrogens is 1. The monoisotopic (exact) mass is 470 g/mol. The number of aliphatic carboxylic acids is 1. The smallest absolute Gasteiger partial charge is 0.419 e. The van der Waals surface area contributed by atoms with Gasteiger partial charge in [0.15, 0.2) is 0 Å². The third kappa shape index (κ3) is 4.78. The van der Waals surface area contributed by atoms with Crippen molar-refractivity contribution in [3.8, 4) is 0 Å². The Kier molecular flexibility index (Phi) is 6.38. The molecule has 34 heavy (non-hydrogen) atoms. The Hall–Kier alpha value is -3.36. The molecule has 1 saturated carbocycles. The highest BCUT2D eigenvalue weighted by Gasteiger charge is 2.48. The summed E-state index contributed by atoms with van der Waals surface area (Å²) in [6.45, 7) is 5.31. The highest BCUT2D eigenvalue weighted by molar-refractivity contribution is 5.97. The number of hydrogen-bond donors (Lipinski definition) is 1. The Morgan fingerprint density at radius 1 is 1.18 bits per heavy atom. The molecule has 1 aromatic carbocycles. The minimum Gasteiger partial charge on any atom is -0.481 e. The normalized spacial score (nSPS) is 21.1. The molecule has 0 unspecified atom stereocenters. The van der Waals surface area contributed by atoms with Gasteiger partial charge in [0.2, 0.25) is 5.91 Å². The summed E-state index contributed by atoms with van der Waals surface area (Å²) in [5.41, 5.74) is 0.534. The number of carboxylic acid groups (broad SMARTS) is 1. The van der Waals surface area contributed by atoms with Crippen molar-refractivity contribution in [2.45, 2.75) is 77.0 Å². The summed E-state index contributed by atoms with van der Waals surface area (Å²) in [5, 5.41) is 10.2. The summed E-state index contributed by atoms with van der Waals surface area (Å²) in [7, 11) is 0. The van der Waals surface area contributed by atoms with Crippen LogP contribution in [0.15, 0.2) is 30.5 Å². The Labute approximate surface area is 197 Å². The Morgan fingerprint density at radius 3 is 2.59 bits per heavy atom. The molecule has 1 saturated heterocycles. The van der Waals surface area contributed by atoms with Gasteiger partial charge in [0.25, 0.3) is 0 Å². The average Bonchev–Trinajstić information content (AvgIpc) is 3.28. The van der Waals surface area contributed by atoms with Gasteiger partial charge in [0.05, 0.1) is 23.9 Å². The van der Waals surface area contributed by atoms with Crippen molar-refractivity contribution in [1.82, 2.24) is 9.47 Å². The number of amides is 2. The van der Waals surface area contributed by atoms with Crippen molar-refractivity contribution in [2.24, 2.45) is 5.92 Å². The molecular weight excluding hydrogens is 440 g/mol. The van der Waals surface area contributed by atoms with E-state index < -0.39 is 42.0 Å². The standard InChI is InChI=1S/C25H30N2O7/c1-25(2,3)34-23(31)26-14-16(17-8-4-5-9-18(17)26)12-15(13-21(28)29)22(30)27-19-10-6-7-11-20(19)33-24(27)32/h4-5,8-9,14-15,19-20H,6-7,10-13H2,1-3H3,(H,28,29)/t15-,19+,20+/m0/s1. The van der Waals surface area contributed by atoms with E-state index in [1.807, 2.05) is 12.1 Å². The number of benzene rings is 1. The van der Waals surface area contributed by atoms with E-state index in [2.05, 4.69) is 0 Å². The van der Waals surface area contributed by atoms with E-state index >= 15 is 0 Å². The van der Waals surface area contributed by atoms with Gasteiger partial charge < -0.3 is 14.6 Å². The number of ether oxygens (including phenoxy) is 2. The number of imide groups is 1. The molecule has 3 atom stereocenters. The molecule has 1 aliphatic carbocycles. The van der Waals surface area contributed by atoms with Gasteiger partial charge in [0, 0.05) is 11.6 Å². The molecule has 1 N–H and O–H groups in total. The highest BCUT2D eigenvalue weighted by Crippen LogP contribution is 2.34. The van der Waals surface area contributed by atoms with Crippen molar-refractivity contribution in [3.05, 3.63) is 36.0 Å². The Balaban J connectivity index is 1.66. The molecule has 2 aromatic rings. The number of carbonyl (C=O) groups excluding carboxylic acids is 3. The van der Waals surface area contributed by atoms with Crippen LogP contribution in [0.2, 0.25) is 0 Å². The lowest BCUT2D eigenvalue weighted by Crippen LogP contribution is -2.46. The minimum absolute atomic E-state index is 0.0581. The van der Waals surface area contributed by atoms with Crippen molar-refractivity contribution in [2.75, 3.05) is 0 Å². The number of nitrogens with zero attached hydrogens (tertiary/aromatic N) is 2. The van der Waals surface area contributed by atoms with E-state index in [9.17, 15) is 24.3 Å². The van der Waals surface area contributed by atoms with Crippen molar-refractivity contribution >= 4 is 35.0 Å². The van der Waals surface area contributed by atoms with Crippen LogP contribution in [-0.4, -0.2) is 56.4 Å². The molecular formula is C25H30N2O7. The van der Waals surface area contributed by atoms with Gasteiger partial charge in [-0.25, -0.2) is 14.5 Å². The molecule has 0 radical (unpaired) electrons. The quantitative estimate of drug-likeness (QED) is 0.691. The highest BCUT2D eigenvalue weighted by atomic mass is 16.6. The van der Waals surface area contributed by atoms with Gasteiger partial charge in [-0.3, -0.25) is 14.2 Å². The first-order valence-electron chi connectivity index (χ1n) is 11.6. The molecule has 0 bridgehead atoms. The molecule has 9 heteroatoms. The molecule has 9 nitrogen and oxygen atoms in total. The van der Waals surface area contributed by atoms with E-state index in [0.717, 1.165) is 23.1 Å². The zero-order valence-electron chi connectivity index (χ0n) is 19.7. The van der Waals surface area contributed by atoms with Crippen molar-refractivity contribution in [1.29, 1.82) is 0 Å². The second-order valence-corrected chi connectivity index (χ2v) is 10.0. The molecule has 2 fully saturated rings. The average molecular weight is 471 g/mol. The van der Waals surface area contributed by atoms with E-state index in [0.29, 0.717) is 23.9 Å². The van der Waals surface area contributed by atoms with Crippen LogP contribution in [0.1, 0.15) is 58.4 Å². The maximum atomic E-state index is 13.5. The molecule has 2 aliphatic rings. The summed E-state index contributed by atoms with van der Waals surface area (Å²) in [4.78, 5) is 51.6. The lowest BCUT2D eigenvalue weighted by molar-refractivity contribution is -0.143. The number of hydrogen-bond acceptors (Lipinski definition) is 6. The topological polar surface area (TPSA) is 115 Å². The van der Waals surface area contributed by atoms with Crippen LogP contribution < -0.4 is 0 Å². The lowest BCUT2D eigenvalue weighted by Gasteiger charge is -2.28. The molecule has 2 heterocycles. The molecule has 1 aromatic heterocycles. The summed E-state index contributed by atoms with van der Waals surface area (Å²) < 4.78 is 12.3. The van der Waals surface area contributed by atoms with E-state index in [1.54, 1.807) is 39.1 Å². The summed E-state index contributed by atoms with van der Waals surface area (Å²) in [6.07, 6.45) is 2.78. The first kappa shape index (κ1) is 23.8. The molecule has 1 aliphatic heterocycles. The van der Waals surface area contributed by atoms with Crippen molar-refractivity contribution in [3.63, 3.8) is 0 Å². The SMILES string of the molecule is CC(C)(C)OC(=O)n1cc(C[C@@H](CC(=O)O)C(=O)N2C(=O)O[C@@H]3CCCC[C@H]32)c2ccccc21. The van der Waals surface area contributed by atoms with Crippen molar-refractivity contribution < 1.29 is 33.8 Å². The van der Waals surface area contributed by atoms with E-state index in [1.165, 1.54) is 4.57 Å². The number of carboxylic acids is 1. The molecule has 2 amide bonds. The van der Waals surface area contributed by atoms with Gasteiger partial charge in [-0.15, -0.1) is 0 Å². The second kappa shape index (κ2) is 9.12. The van der Waals surface area contributed by atoms with Crippen LogP contribution in [0.5, 0.6) is 0 Å². The van der Waals surface area contributed by atoms with Gasteiger partial charge in [-0.1, -0.05) is 24.6 Å². The fourth-order valence-corrected chi connectivity index (χ4v) is 4.88. The Morgan fingerprint density at radius 2 is 1.88 bits per heavy atom. The van der Waals surface area contributed by atoms with Gasteiger partial charge >= 0.3 is 18.2 Å². The summed E-state index contributed by atoms with van der Waals surface area (Å²) in [5.74, 6) is -2.67.